The molecule has 1 aliphatic rings. The first-order valence-corrected chi connectivity index (χ1v) is 11.6. The number of carbonyl (C=O) groups is 2. The number of nitro benzene ring substituents is 1. The normalized spacial score (nSPS) is 14.5. The van der Waals surface area contributed by atoms with Gasteiger partial charge in [-0.3, -0.25) is 24.6 Å². The lowest BCUT2D eigenvalue weighted by molar-refractivity contribution is -0.387. The number of carbonyl (C=O) groups excluding carboxylic acids is 1. The lowest BCUT2D eigenvalue weighted by Crippen LogP contribution is -2.48. The zero-order chi connectivity index (χ0) is 24.0. The van der Waals surface area contributed by atoms with Crippen molar-refractivity contribution in [1.29, 1.82) is 0 Å². The summed E-state index contributed by atoms with van der Waals surface area (Å²) in [4.78, 5) is 39.1. The van der Waals surface area contributed by atoms with Crippen molar-refractivity contribution in [3.05, 3.63) is 68.2 Å². The van der Waals surface area contributed by atoms with Crippen LogP contribution in [-0.4, -0.2) is 64.4 Å². The van der Waals surface area contributed by atoms with Gasteiger partial charge in [0.1, 0.15) is 0 Å². The second-order valence-electron chi connectivity index (χ2n) is 7.31. The van der Waals surface area contributed by atoms with Crippen LogP contribution in [0.3, 0.4) is 0 Å². The number of halogens is 2. The number of nitrogens with zero attached hydrogens (tertiary/aromatic N) is 3. The van der Waals surface area contributed by atoms with Crippen molar-refractivity contribution in [2.45, 2.75) is 16.2 Å². The van der Waals surface area contributed by atoms with Gasteiger partial charge < -0.3 is 10.0 Å². The average Bonchev–Trinajstić information content (AvgIpc) is 2.78. The fraction of sp³-hybridized carbons (Fsp3) is 0.273. The molecule has 1 aliphatic heterocycles. The number of carboxylic acid groups (broad SMARTS) is 1. The molecule has 174 valence electrons. The number of hydrogen-bond acceptors (Lipinski definition) is 6. The molecule has 0 aromatic heterocycles. The number of piperazine rings is 1. The Morgan fingerprint density at radius 3 is 2.42 bits per heavy atom. The molecular weight excluding hydrogens is 489 g/mol. The van der Waals surface area contributed by atoms with E-state index in [1.54, 1.807) is 41.3 Å². The van der Waals surface area contributed by atoms with Crippen LogP contribution in [0.5, 0.6) is 0 Å². The van der Waals surface area contributed by atoms with E-state index in [1.807, 2.05) is 4.90 Å². The third-order valence-corrected chi connectivity index (χ3v) is 6.84. The molecule has 0 aliphatic carbocycles. The first kappa shape index (κ1) is 25.0. The van der Waals surface area contributed by atoms with Gasteiger partial charge in [-0.2, -0.15) is 0 Å². The molecule has 0 radical (unpaired) electrons. The fourth-order valence-electron chi connectivity index (χ4n) is 3.26. The van der Waals surface area contributed by atoms with Gasteiger partial charge >= 0.3 is 5.97 Å². The van der Waals surface area contributed by atoms with E-state index in [0.29, 0.717) is 58.1 Å². The SMILES string of the molecule is O=C(O)CCN1CCN(C(=O)C=Cc2ccc(Sc3ccc(Cl)cc3Cl)c([N+](=O)[O-])c2)CC1. The average molecular weight is 510 g/mol. The van der Waals surface area contributed by atoms with Gasteiger partial charge in [-0.1, -0.05) is 41.0 Å². The highest BCUT2D eigenvalue weighted by atomic mass is 35.5. The van der Waals surface area contributed by atoms with E-state index in [-0.39, 0.29) is 18.0 Å². The Bertz CT molecular complexity index is 1090. The summed E-state index contributed by atoms with van der Waals surface area (Å²) in [5, 5.41) is 21.3. The molecule has 1 heterocycles. The Morgan fingerprint density at radius 1 is 1.09 bits per heavy atom. The molecule has 0 spiro atoms. The summed E-state index contributed by atoms with van der Waals surface area (Å²) in [7, 11) is 0. The van der Waals surface area contributed by atoms with Crippen LogP contribution >= 0.6 is 35.0 Å². The maximum atomic E-state index is 12.5. The van der Waals surface area contributed by atoms with Gasteiger partial charge in [-0.05, 0) is 35.9 Å². The minimum Gasteiger partial charge on any atom is -0.481 e. The third-order valence-electron chi connectivity index (χ3n) is 5.04. The molecule has 0 bridgehead atoms. The fourth-order valence-corrected chi connectivity index (χ4v) is 4.69. The second-order valence-corrected chi connectivity index (χ2v) is 9.23. The van der Waals surface area contributed by atoms with Crippen LogP contribution in [0.2, 0.25) is 10.0 Å². The Labute approximate surface area is 204 Å². The number of hydrogen-bond donors (Lipinski definition) is 1. The van der Waals surface area contributed by atoms with Crippen molar-refractivity contribution in [3.8, 4) is 0 Å². The molecule has 1 N–H and O–H groups in total. The second kappa shape index (κ2) is 11.5. The van der Waals surface area contributed by atoms with Crippen LogP contribution in [-0.2, 0) is 9.59 Å². The van der Waals surface area contributed by atoms with Crippen molar-refractivity contribution >= 4 is 58.6 Å². The van der Waals surface area contributed by atoms with E-state index in [4.69, 9.17) is 28.3 Å². The molecule has 0 saturated carbocycles. The van der Waals surface area contributed by atoms with E-state index >= 15 is 0 Å². The van der Waals surface area contributed by atoms with Crippen molar-refractivity contribution in [2.75, 3.05) is 32.7 Å². The Kier molecular flexibility index (Phi) is 8.74. The Hall–Kier alpha value is -2.59. The molecule has 1 fully saturated rings. The first-order valence-electron chi connectivity index (χ1n) is 10.1. The summed E-state index contributed by atoms with van der Waals surface area (Å²) in [6.45, 7) is 2.68. The summed E-state index contributed by atoms with van der Waals surface area (Å²) in [5.74, 6) is -1.03. The van der Waals surface area contributed by atoms with Crippen molar-refractivity contribution < 1.29 is 19.6 Å². The molecule has 2 aromatic carbocycles. The molecular formula is C22H21Cl2N3O5S. The van der Waals surface area contributed by atoms with Gasteiger partial charge in [0.15, 0.2) is 0 Å². The van der Waals surface area contributed by atoms with Gasteiger partial charge in [-0.25, -0.2) is 0 Å². The standard InChI is InChI=1S/C22H21Cl2N3O5S/c23-16-3-5-19(17(24)14-16)33-20-4-1-15(13-18(20)27(31)32)2-6-21(28)26-11-9-25(10-12-26)8-7-22(29)30/h1-6,13-14H,7-12H2,(H,29,30). The predicted octanol–water partition coefficient (Wildman–Crippen LogP) is 4.68. The van der Waals surface area contributed by atoms with Crippen molar-refractivity contribution in [2.24, 2.45) is 0 Å². The van der Waals surface area contributed by atoms with E-state index in [9.17, 15) is 19.7 Å². The van der Waals surface area contributed by atoms with Gasteiger partial charge in [0, 0.05) is 54.8 Å². The maximum Gasteiger partial charge on any atom is 0.304 e. The summed E-state index contributed by atoms with van der Waals surface area (Å²) in [5.41, 5.74) is 0.439. The highest BCUT2D eigenvalue weighted by Gasteiger charge is 2.20. The van der Waals surface area contributed by atoms with Crippen LogP contribution in [0.25, 0.3) is 6.08 Å². The number of aliphatic carboxylic acids is 1. The summed E-state index contributed by atoms with van der Waals surface area (Å²) < 4.78 is 0. The van der Waals surface area contributed by atoms with Crippen molar-refractivity contribution in [1.82, 2.24) is 9.80 Å². The van der Waals surface area contributed by atoms with E-state index in [2.05, 4.69) is 0 Å². The molecule has 8 nitrogen and oxygen atoms in total. The van der Waals surface area contributed by atoms with Crippen LogP contribution in [0.4, 0.5) is 5.69 Å². The Morgan fingerprint density at radius 2 is 1.79 bits per heavy atom. The van der Waals surface area contributed by atoms with Crippen LogP contribution < -0.4 is 0 Å². The quantitative estimate of drug-likeness (QED) is 0.312. The molecule has 1 saturated heterocycles. The summed E-state index contributed by atoms with van der Waals surface area (Å²) in [6, 6.07) is 9.68. The zero-order valence-corrected chi connectivity index (χ0v) is 19.8. The number of amides is 1. The number of nitro groups is 1. The van der Waals surface area contributed by atoms with E-state index in [1.165, 1.54) is 23.9 Å². The molecule has 0 atom stereocenters. The van der Waals surface area contributed by atoms with Crippen LogP contribution in [0, 0.1) is 10.1 Å². The van der Waals surface area contributed by atoms with Gasteiger partial charge in [0.25, 0.3) is 5.69 Å². The first-order chi connectivity index (χ1) is 15.7. The maximum absolute atomic E-state index is 12.5. The molecule has 33 heavy (non-hydrogen) atoms. The molecule has 1 amide bonds. The lowest BCUT2D eigenvalue weighted by atomic mass is 10.2. The van der Waals surface area contributed by atoms with Gasteiger partial charge in [0.05, 0.1) is 21.3 Å². The predicted molar refractivity (Wildman–Crippen MR) is 128 cm³/mol. The molecule has 2 aromatic rings. The highest BCUT2D eigenvalue weighted by Crippen LogP contribution is 2.39. The zero-order valence-electron chi connectivity index (χ0n) is 17.4. The number of benzene rings is 2. The van der Waals surface area contributed by atoms with Gasteiger partial charge in [0.2, 0.25) is 5.91 Å². The van der Waals surface area contributed by atoms with Gasteiger partial charge in [-0.15, -0.1) is 0 Å². The smallest absolute Gasteiger partial charge is 0.304 e. The largest absolute Gasteiger partial charge is 0.481 e. The lowest BCUT2D eigenvalue weighted by Gasteiger charge is -2.33. The molecule has 3 rings (SSSR count). The minimum absolute atomic E-state index is 0.0745. The topological polar surface area (TPSA) is 104 Å². The van der Waals surface area contributed by atoms with Crippen molar-refractivity contribution in [3.63, 3.8) is 0 Å². The highest BCUT2D eigenvalue weighted by molar-refractivity contribution is 7.99. The van der Waals surface area contributed by atoms with Crippen LogP contribution in [0.15, 0.2) is 52.3 Å². The van der Waals surface area contributed by atoms with E-state index in [0.717, 1.165) is 0 Å². The minimum atomic E-state index is -0.841. The Balaban J connectivity index is 1.65. The van der Waals surface area contributed by atoms with Crippen LogP contribution in [0.1, 0.15) is 12.0 Å². The molecule has 11 heteroatoms. The third kappa shape index (κ3) is 7.20. The summed E-state index contributed by atoms with van der Waals surface area (Å²) in [6.07, 6.45) is 3.02. The summed E-state index contributed by atoms with van der Waals surface area (Å²) >= 11 is 13.3. The number of rotatable bonds is 8. The monoisotopic (exact) mass is 509 g/mol. The van der Waals surface area contributed by atoms with E-state index < -0.39 is 10.9 Å². The molecule has 0 unspecified atom stereocenters. The number of carboxylic acids is 1.